The number of ether oxygens (including phenoxy) is 1. The van der Waals surface area contributed by atoms with E-state index in [1.54, 1.807) is 37.3 Å². The smallest absolute Gasteiger partial charge is 0.338 e. The highest BCUT2D eigenvalue weighted by atomic mass is 32.2. The average molecular weight is 467 g/mol. The lowest BCUT2D eigenvalue weighted by atomic mass is 10.1. The molecule has 0 saturated carbocycles. The highest BCUT2D eigenvalue weighted by molar-refractivity contribution is 8.26. The first-order valence-corrected chi connectivity index (χ1v) is 11.2. The molecule has 0 spiro atoms. The molecule has 8 heteroatoms. The number of allylic oxidation sites excluding steroid dienone is 2. The van der Waals surface area contributed by atoms with Crippen LogP contribution in [0, 0.1) is 0 Å². The lowest BCUT2D eigenvalue weighted by Crippen LogP contribution is -2.36. The van der Waals surface area contributed by atoms with Gasteiger partial charge in [0.25, 0.3) is 5.91 Å². The summed E-state index contributed by atoms with van der Waals surface area (Å²) in [7, 11) is 0. The molecule has 1 saturated heterocycles. The zero-order chi connectivity index (χ0) is 23.1. The zero-order valence-electron chi connectivity index (χ0n) is 17.7. The van der Waals surface area contributed by atoms with E-state index in [-0.39, 0.29) is 25.0 Å². The topological polar surface area (TPSA) is 75.7 Å². The molecule has 1 fully saturated rings. The van der Waals surface area contributed by atoms with Crippen molar-refractivity contribution in [1.29, 1.82) is 0 Å². The Labute approximate surface area is 196 Å². The maximum absolute atomic E-state index is 12.8. The number of benzene rings is 2. The lowest BCUT2D eigenvalue weighted by Gasteiger charge is -2.14. The first-order valence-electron chi connectivity index (χ1n) is 9.93. The van der Waals surface area contributed by atoms with Crippen molar-refractivity contribution in [3.63, 3.8) is 0 Å². The van der Waals surface area contributed by atoms with Crippen LogP contribution in [-0.4, -0.2) is 40.2 Å². The third-order valence-corrected chi connectivity index (χ3v) is 5.79. The van der Waals surface area contributed by atoms with Gasteiger partial charge in [0, 0.05) is 5.69 Å². The van der Waals surface area contributed by atoms with Crippen molar-refractivity contribution >= 4 is 57.8 Å². The number of rotatable bonds is 7. The van der Waals surface area contributed by atoms with Crippen molar-refractivity contribution in [2.45, 2.75) is 13.8 Å². The number of thiocarbonyl (C=S) groups is 1. The second-order valence-corrected chi connectivity index (χ2v) is 8.59. The summed E-state index contributed by atoms with van der Waals surface area (Å²) < 4.78 is 5.27. The maximum atomic E-state index is 12.8. The van der Waals surface area contributed by atoms with Gasteiger partial charge in [-0.25, -0.2) is 4.79 Å². The SMILES string of the molecule is CCOC(=O)c1ccc(NC(=O)CN2C(=O)/C(=C/C(C)=C/c3ccccc3)SC2=S)cc1. The summed E-state index contributed by atoms with van der Waals surface area (Å²) in [5.74, 6) is -1.11. The van der Waals surface area contributed by atoms with Gasteiger partial charge in [-0.15, -0.1) is 0 Å². The van der Waals surface area contributed by atoms with E-state index in [1.165, 1.54) is 16.7 Å². The Balaban J connectivity index is 1.62. The highest BCUT2D eigenvalue weighted by Gasteiger charge is 2.33. The normalized spacial score (nSPS) is 15.2. The molecule has 32 heavy (non-hydrogen) atoms. The van der Waals surface area contributed by atoms with E-state index >= 15 is 0 Å². The predicted molar refractivity (Wildman–Crippen MR) is 131 cm³/mol. The fraction of sp³-hybridized carbons (Fsp3) is 0.167. The standard InChI is InChI=1S/C24H22N2O4S2/c1-3-30-23(29)18-9-11-19(12-10-18)25-21(27)15-26-22(28)20(32-24(26)31)14-16(2)13-17-7-5-4-6-8-17/h4-14H,3,15H2,1-2H3,(H,25,27)/b16-13+,20-14-. The molecule has 3 rings (SSSR count). The van der Waals surface area contributed by atoms with Gasteiger partial charge in [-0.2, -0.15) is 0 Å². The molecule has 2 amide bonds. The summed E-state index contributed by atoms with van der Waals surface area (Å²) in [6, 6.07) is 16.1. The summed E-state index contributed by atoms with van der Waals surface area (Å²) in [4.78, 5) is 38.7. The van der Waals surface area contributed by atoms with E-state index in [2.05, 4.69) is 5.32 Å². The second kappa shape index (κ2) is 10.9. The van der Waals surface area contributed by atoms with Crippen LogP contribution in [-0.2, 0) is 14.3 Å². The molecule has 2 aromatic carbocycles. The van der Waals surface area contributed by atoms with Crippen LogP contribution in [0.25, 0.3) is 6.08 Å². The van der Waals surface area contributed by atoms with Crippen LogP contribution in [0.5, 0.6) is 0 Å². The van der Waals surface area contributed by atoms with Gasteiger partial charge in [-0.3, -0.25) is 14.5 Å². The Morgan fingerprint density at radius 3 is 2.47 bits per heavy atom. The van der Waals surface area contributed by atoms with Gasteiger partial charge in [-0.1, -0.05) is 60.4 Å². The van der Waals surface area contributed by atoms with Crippen LogP contribution in [0.15, 0.2) is 71.2 Å². The van der Waals surface area contributed by atoms with Crippen LogP contribution in [0.1, 0.15) is 29.8 Å². The third-order valence-electron chi connectivity index (χ3n) is 4.41. The van der Waals surface area contributed by atoms with Gasteiger partial charge in [0.1, 0.15) is 10.9 Å². The molecule has 0 atom stereocenters. The first kappa shape index (κ1) is 23.4. The van der Waals surface area contributed by atoms with Gasteiger partial charge in [0.15, 0.2) is 0 Å². The van der Waals surface area contributed by atoms with E-state index < -0.39 is 5.97 Å². The van der Waals surface area contributed by atoms with E-state index in [4.69, 9.17) is 17.0 Å². The second-order valence-electron chi connectivity index (χ2n) is 6.91. The Morgan fingerprint density at radius 1 is 1.12 bits per heavy atom. The number of hydrogen-bond acceptors (Lipinski definition) is 6. The minimum absolute atomic E-state index is 0.191. The molecule has 0 aromatic heterocycles. The zero-order valence-corrected chi connectivity index (χ0v) is 19.3. The number of carbonyl (C=O) groups excluding carboxylic acids is 3. The summed E-state index contributed by atoms with van der Waals surface area (Å²) in [6.45, 7) is 3.74. The van der Waals surface area contributed by atoms with Gasteiger partial charge in [-0.05, 0) is 55.3 Å². The van der Waals surface area contributed by atoms with Crippen molar-refractivity contribution in [3.8, 4) is 0 Å². The van der Waals surface area contributed by atoms with Crippen molar-refractivity contribution in [3.05, 3.63) is 82.3 Å². The molecular formula is C24H22N2O4S2. The molecule has 6 nitrogen and oxygen atoms in total. The average Bonchev–Trinajstić information content (AvgIpc) is 3.02. The van der Waals surface area contributed by atoms with E-state index in [9.17, 15) is 14.4 Å². The van der Waals surface area contributed by atoms with Crippen LogP contribution in [0.3, 0.4) is 0 Å². The largest absolute Gasteiger partial charge is 0.462 e. The molecule has 0 radical (unpaired) electrons. The van der Waals surface area contributed by atoms with Crippen LogP contribution in [0.4, 0.5) is 5.69 Å². The molecule has 1 heterocycles. The van der Waals surface area contributed by atoms with Gasteiger partial charge in [0.05, 0.1) is 17.1 Å². The van der Waals surface area contributed by atoms with Crippen LogP contribution < -0.4 is 5.32 Å². The monoisotopic (exact) mass is 466 g/mol. The Kier molecular flexibility index (Phi) is 7.97. The fourth-order valence-electron chi connectivity index (χ4n) is 2.95. The minimum atomic E-state index is -0.425. The number of nitrogens with one attached hydrogen (secondary N) is 1. The molecule has 0 bridgehead atoms. The van der Waals surface area contributed by atoms with E-state index in [0.717, 1.165) is 11.1 Å². The minimum Gasteiger partial charge on any atom is -0.462 e. The number of carbonyl (C=O) groups is 3. The first-order chi connectivity index (χ1) is 15.4. The third kappa shape index (κ3) is 6.15. The van der Waals surface area contributed by atoms with Gasteiger partial charge >= 0.3 is 5.97 Å². The number of thioether (sulfide) groups is 1. The highest BCUT2D eigenvalue weighted by Crippen LogP contribution is 2.32. The number of nitrogens with zero attached hydrogens (tertiary/aromatic N) is 1. The molecular weight excluding hydrogens is 444 g/mol. The summed E-state index contributed by atoms with van der Waals surface area (Å²) in [6.07, 6.45) is 3.75. The predicted octanol–water partition coefficient (Wildman–Crippen LogP) is 4.65. The molecule has 0 aliphatic carbocycles. The van der Waals surface area contributed by atoms with E-state index in [1.807, 2.05) is 43.3 Å². The maximum Gasteiger partial charge on any atom is 0.338 e. The number of anilines is 1. The van der Waals surface area contributed by atoms with Gasteiger partial charge < -0.3 is 10.1 Å². The number of hydrogen-bond donors (Lipinski definition) is 1. The number of amides is 2. The van der Waals surface area contributed by atoms with Crippen molar-refractivity contribution in [2.75, 3.05) is 18.5 Å². The fourth-order valence-corrected chi connectivity index (χ4v) is 4.25. The Morgan fingerprint density at radius 2 is 1.81 bits per heavy atom. The van der Waals surface area contributed by atoms with E-state index in [0.29, 0.717) is 20.5 Å². The molecule has 1 aliphatic heterocycles. The van der Waals surface area contributed by atoms with Crippen molar-refractivity contribution < 1.29 is 19.1 Å². The Bertz CT molecular complexity index is 1090. The molecule has 164 valence electrons. The molecule has 1 aliphatic rings. The van der Waals surface area contributed by atoms with Crippen LogP contribution in [0.2, 0.25) is 0 Å². The molecule has 1 N–H and O–H groups in total. The molecule has 2 aromatic rings. The number of esters is 1. The Hall–Kier alpha value is -3.23. The lowest BCUT2D eigenvalue weighted by molar-refractivity contribution is -0.126. The van der Waals surface area contributed by atoms with Crippen LogP contribution >= 0.6 is 24.0 Å². The summed E-state index contributed by atoms with van der Waals surface area (Å²) >= 11 is 6.48. The quantitative estimate of drug-likeness (QED) is 0.364. The van der Waals surface area contributed by atoms with Crippen molar-refractivity contribution in [2.24, 2.45) is 0 Å². The summed E-state index contributed by atoms with van der Waals surface area (Å²) in [5, 5.41) is 2.71. The van der Waals surface area contributed by atoms with Crippen molar-refractivity contribution in [1.82, 2.24) is 4.90 Å². The van der Waals surface area contributed by atoms with Gasteiger partial charge in [0.2, 0.25) is 5.91 Å². The molecule has 0 unspecified atom stereocenters. The summed E-state index contributed by atoms with van der Waals surface area (Å²) in [5.41, 5.74) is 2.84.